The molecule has 3 N–H and O–H groups in total. The first-order valence-electron chi connectivity index (χ1n) is 7.39. The fourth-order valence-electron chi connectivity index (χ4n) is 2.54. The molecule has 1 amide bonds. The van der Waals surface area contributed by atoms with Gasteiger partial charge in [0, 0.05) is 37.9 Å². The van der Waals surface area contributed by atoms with Crippen molar-refractivity contribution in [1.29, 1.82) is 0 Å². The first-order valence-corrected chi connectivity index (χ1v) is 7.39. The highest BCUT2D eigenvalue weighted by molar-refractivity contribution is 5.85. The highest BCUT2D eigenvalue weighted by Gasteiger charge is 2.35. The van der Waals surface area contributed by atoms with Crippen LogP contribution in [0.2, 0.25) is 0 Å². The highest BCUT2D eigenvalue weighted by atomic mass is 35.5. The zero-order chi connectivity index (χ0) is 15.6. The summed E-state index contributed by atoms with van der Waals surface area (Å²) in [4.78, 5) is 18.2. The summed E-state index contributed by atoms with van der Waals surface area (Å²) in [6.07, 6.45) is 0.978. The van der Waals surface area contributed by atoms with Crippen molar-refractivity contribution < 1.29 is 14.4 Å². The van der Waals surface area contributed by atoms with E-state index in [0.717, 1.165) is 0 Å². The number of rotatable bonds is 5. The van der Waals surface area contributed by atoms with E-state index in [4.69, 9.17) is 10.3 Å². The molecule has 0 bridgehead atoms. The zero-order valence-electron chi connectivity index (χ0n) is 13.2. The summed E-state index contributed by atoms with van der Waals surface area (Å²) >= 11 is 0. The van der Waals surface area contributed by atoms with Crippen molar-refractivity contribution in [3.63, 3.8) is 0 Å². The van der Waals surface area contributed by atoms with Crippen LogP contribution in [0.15, 0.2) is 4.52 Å². The number of aliphatic hydroxyl groups is 1. The molecule has 126 valence electrons. The van der Waals surface area contributed by atoms with Gasteiger partial charge in [-0.05, 0) is 12.8 Å². The Balaban J connectivity index is 0.00000242. The van der Waals surface area contributed by atoms with Crippen LogP contribution in [0.3, 0.4) is 0 Å². The van der Waals surface area contributed by atoms with E-state index in [2.05, 4.69) is 10.1 Å². The molecule has 1 aromatic rings. The first kappa shape index (κ1) is 18.9. The molecule has 0 unspecified atom stereocenters. The lowest BCUT2D eigenvalue weighted by atomic mass is 10.1. The largest absolute Gasteiger partial charge is 0.391 e. The maximum atomic E-state index is 12.3. The minimum Gasteiger partial charge on any atom is -0.391 e. The molecule has 1 aliphatic rings. The lowest BCUT2D eigenvalue weighted by Crippen LogP contribution is -2.34. The van der Waals surface area contributed by atoms with Gasteiger partial charge in [-0.2, -0.15) is 4.98 Å². The molecular formula is C14H25ClN4O3. The fraction of sp³-hybridized carbons (Fsp3) is 0.786. The molecule has 0 spiro atoms. The van der Waals surface area contributed by atoms with E-state index in [9.17, 15) is 9.90 Å². The van der Waals surface area contributed by atoms with Crippen molar-refractivity contribution in [3.8, 4) is 0 Å². The number of amides is 1. The number of nitrogens with two attached hydrogens (primary N) is 1. The van der Waals surface area contributed by atoms with Gasteiger partial charge in [-0.15, -0.1) is 12.4 Å². The van der Waals surface area contributed by atoms with Crippen molar-refractivity contribution in [2.75, 3.05) is 13.6 Å². The zero-order valence-corrected chi connectivity index (χ0v) is 14.0. The van der Waals surface area contributed by atoms with Gasteiger partial charge < -0.3 is 20.3 Å². The van der Waals surface area contributed by atoms with Crippen LogP contribution in [0.4, 0.5) is 0 Å². The highest BCUT2D eigenvalue weighted by Crippen LogP contribution is 2.26. The third kappa shape index (κ3) is 4.41. The number of aliphatic hydroxyl groups excluding tert-OH is 1. The van der Waals surface area contributed by atoms with Crippen molar-refractivity contribution in [3.05, 3.63) is 11.7 Å². The third-order valence-corrected chi connectivity index (χ3v) is 3.95. The van der Waals surface area contributed by atoms with E-state index >= 15 is 0 Å². The monoisotopic (exact) mass is 332 g/mol. The van der Waals surface area contributed by atoms with Gasteiger partial charge in [0.1, 0.15) is 0 Å². The Kier molecular flexibility index (Phi) is 6.77. The van der Waals surface area contributed by atoms with Crippen LogP contribution in [-0.4, -0.2) is 51.8 Å². The number of likely N-dealkylation sites (N-methyl/N-ethyl adjacent to an activating group) is 1. The van der Waals surface area contributed by atoms with Crippen LogP contribution in [0, 0.1) is 5.92 Å². The Hall–Kier alpha value is -1.18. The quantitative estimate of drug-likeness (QED) is 0.822. The van der Waals surface area contributed by atoms with E-state index in [0.29, 0.717) is 37.5 Å². The molecule has 1 fully saturated rings. The Labute approximate surface area is 136 Å². The van der Waals surface area contributed by atoms with Crippen LogP contribution < -0.4 is 5.73 Å². The maximum Gasteiger partial charge on any atom is 0.229 e. The smallest absolute Gasteiger partial charge is 0.229 e. The van der Waals surface area contributed by atoms with Crippen LogP contribution in [0.1, 0.15) is 44.3 Å². The number of hydrogen-bond acceptors (Lipinski definition) is 6. The number of nitrogens with zero attached hydrogens (tertiary/aromatic N) is 3. The molecule has 0 aliphatic heterocycles. The molecule has 1 saturated carbocycles. The summed E-state index contributed by atoms with van der Waals surface area (Å²) in [5, 5.41) is 13.5. The van der Waals surface area contributed by atoms with Crippen molar-refractivity contribution >= 4 is 18.3 Å². The summed E-state index contributed by atoms with van der Waals surface area (Å²) in [7, 11) is 1.75. The lowest BCUT2D eigenvalue weighted by Gasteiger charge is -2.20. The number of aromatic nitrogens is 2. The third-order valence-electron chi connectivity index (χ3n) is 3.95. The second-order valence-electron chi connectivity index (χ2n) is 6.11. The molecule has 0 saturated heterocycles. The predicted molar refractivity (Wildman–Crippen MR) is 83.7 cm³/mol. The lowest BCUT2D eigenvalue weighted by molar-refractivity contribution is -0.134. The van der Waals surface area contributed by atoms with E-state index in [1.807, 2.05) is 13.8 Å². The molecule has 7 nitrogen and oxygen atoms in total. The van der Waals surface area contributed by atoms with E-state index in [1.54, 1.807) is 11.9 Å². The number of hydrogen-bond donors (Lipinski definition) is 2. The van der Waals surface area contributed by atoms with Crippen LogP contribution in [0.5, 0.6) is 0 Å². The molecule has 1 heterocycles. The molecule has 3 atom stereocenters. The molecule has 1 aromatic heterocycles. The maximum absolute atomic E-state index is 12.3. The van der Waals surface area contributed by atoms with Gasteiger partial charge in [-0.25, -0.2) is 0 Å². The van der Waals surface area contributed by atoms with Crippen molar-refractivity contribution in [2.45, 2.75) is 51.2 Å². The minimum absolute atomic E-state index is 0. The van der Waals surface area contributed by atoms with Gasteiger partial charge in [0.2, 0.25) is 11.8 Å². The molecule has 1 aliphatic carbocycles. The van der Waals surface area contributed by atoms with Gasteiger partial charge in [-0.3, -0.25) is 4.79 Å². The van der Waals surface area contributed by atoms with E-state index in [1.165, 1.54) is 0 Å². The second kappa shape index (κ2) is 7.89. The molecule has 0 aromatic carbocycles. The summed E-state index contributed by atoms with van der Waals surface area (Å²) in [6, 6.07) is -0.293. The number of carbonyl (C=O) groups is 1. The van der Waals surface area contributed by atoms with Gasteiger partial charge >= 0.3 is 0 Å². The Morgan fingerprint density at radius 2 is 2.18 bits per heavy atom. The van der Waals surface area contributed by atoms with Gasteiger partial charge in [0.25, 0.3) is 0 Å². The average Bonchev–Trinajstić information content (AvgIpc) is 3.03. The molecule has 2 rings (SSSR count). The van der Waals surface area contributed by atoms with E-state index < -0.39 is 6.10 Å². The molecule has 22 heavy (non-hydrogen) atoms. The second-order valence-corrected chi connectivity index (χ2v) is 6.11. The predicted octanol–water partition coefficient (Wildman–Crippen LogP) is 0.714. The Morgan fingerprint density at radius 3 is 2.68 bits per heavy atom. The molecular weight excluding hydrogens is 308 g/mol. The van der Waals surface area contributed by atoms with Crippen molar-refractivity contribution in [1.82, 2.24) is 15.0 Å². The normalized spacial score (nSPS) is 24.4. The summed E-state index contributed by atoms with van der Waals surface area (Å²) < 4.78 is 5.13. The fourth-order valence-corrected chi connectivity index (χ4v) is 2.54. The SMILES string of the molecule is CC(C)c1nc(CCN(C)C(=O)[C@H]2C[C@@H](N)[C@H](O)C2)no1.Cl. The summed E-state index contributed by atoms with van der Waals surface area (Å²) in [5.74, 6) is 1.27. The first-order chi connectivity index (χ1) is 9.88. The summed E-state index contributed by atoms with van der Waals surface area (Å²) in [6.45, 7) is 4.50. The average molecular weight is 333 g/mol. The topological polar surface area (TPSA) is 105 Å². The van der Waals surface area contributed by atoms with Crippen LogP contribution in [-0.2, 0) is 11.2 Å². The Bertz CT molecular complexity index is 484. The van der Waals surface area contributed by atoms with Crippen molar-refractivity contribution in [2.24, 2.45) is 11.7 Å². The molecule has 8 heteroatoms. The minimum atomic E-state index is -0.571. The summed E-state index contributed by atoms with van der Waals surface area (Å²) in [5.41, 5.74) is 5.75. The standard InChI is InChI=1S/C14H24N4O3.ClH/c1-8(2)13-16-12(17-21-13)4-5-18(3)14(20)9-6-10(15)11(19)7-9;/h8-11,19H,4-7,15H2,1-3H3;1H/t9-,10+,11+;/m0./s1. The Morgan fingerprint density at radius 1 is 1.50 bits per heavy atom. The van der Waals surface area contributed by atoms with Gasteiger partial charge in [0.15, 0.2) is 5.82 Å². The van der Waals surface area contributed by atoms with Crippen LogP contribution >= 0.6 is 12.4 Å². The number of halogens is 1. The number of carbonyl (C=O) groups excluding carboxylic acids is 1. The van der Waals surface area contributed by atoms with Gasteiger partial charge in [0.05, 0.1) is 6.10 Å². The van der Waals surface area contributed by atoms with E-state index in [-0.39, 0.29) is 36.2 Å². The molecule has 0 radical (unpaired) electrons. The van der Waals surface area contributed by atoms with Gasteiger partial charge in [-0.1, -0.05) is 19.0 Å². The van der Waals surface area contributed by atoms with Crippen LogP contribution in [0.25, 0.3) is 0 Å².